The number of nitrogens with zero attached hydrogens (tertiary/aromatic N) is 2. The van der Waals surface area contributed by atoms with Gasteiger partial charge in [-0.1, -0.05) is 0 Å². The average Bonchev–Trinajstić information content (AvgIpc) is 2.68. The second-order valence-electron chi connectivity index (χ2n) is 5.47. The van der Waals surface area contributed by atoms with Crippen LogP contribution in [-0.2, 0) is 5.54 Å². The summed E-state index contributed by atoms with van der Waals surface area (Å²) in [4.78, 5) is 11.8. The number of nitrogens with two attached hydrogens (primary N) is 1. The summed E-state index contributed by atoms with van der Waals surface area (Å²) in [6, 6.07) is 0. The van der Waals surface area contributed by atoms with E-state index >= 15 is 0 Å². The summed E-state index contributed by atoms with van der Waals surface area (Å²) in [5.74, 6) is -3.66. The minimum Gasteiger partial charge on any atom is -0.346 e. The molecule has 0 saturated carbocycles. The summed E-state index contributed by atoms with van der Waals surface area (Å²) in [5.41, 5.74) is 5.56. The number of amides is 1. The summed E-state index contributed by atoms with van der Waals surface area (Å²) >= 11 is 0. The normalized spacial score (nSPS) is 12.6. The monoisotopic (exact) mass is 274 g/mol. The Kier molecular flexibility index (Phi) is 4.29. The molecule has 7 heteroatoms. The molecule has 19 heavy (non-hydrogen) atoms. The van der Waals surface area contributed by atoms with Crippen molar-refractivity contribution in [2.45, 2.75) is 39.2 Å². The van der Waals surface area contributed by atoms with Crippen LogP contribution in [0.15, 0.2) is 6.20 Å². The fourth-order valence-corrected chi connectivity index (χ4v) is 1.69. The maximum Gasteiger partial charge on any atom is 0.277 e. The highest BCUT2D eigenvalue weighted by atomic mass is 19.3. The van der Waals surface area contributed by atoms with Gasteiger partial charge >= 0.3 is 0 Å². The Morgan fingerprint density at radius 3 is 2.47 bits per heavy atom. The van der Waals surface area contributed by atoms with Crippen LogP contribution >= 0.6 is 0 Å². The van der Waals surface area contributed by atoms with E-state index in [4.69, 9.17) is 5.73 Å². The number of rotatable bonds is 4. The minimum absolute atomic E-state index is 0.274. The van der Waals surface area contributed by atoms with Crippen molar-refractivity contribution in [3.05, 3.63) is 17.5 Å². The van der Waals surface area contributed by atoms with Crippen LogP contribution in [0.3, 0.4) is 0 Å². The van der Waals surface area contributed by atoms with Gasteiger partial charge in [-0.2, -0.15) is 5.10 Å². The van der Waals surface area contributed by atoms with Crippen LogP contribution in [0, 0.1) is 6.92 Å². The molecule has 1 rings (SSSR count). The van der Waals surface area contributed by atoms with E-state index in [1.165, 1.54) is 6.20 Å². The molecule has 1 aromatic rings. The Labute approximate surface area is 111 Å². The Morgan fingerprint density at radius 2 is 2.05 bits per heavy atom. The number of nitrogens with one attached hydrogen (secondary N) is 1. The molecular weight excluding hydrogens is 254 g/mol. The topological polar surface area (TPSA) is 72.9 Å². The summed E-state index contributed by atoms with van der Waals surface area (Å²) < 4.78 is 27.6. The minimum atomic E-state index is -3.09. The summed E-state index contributed by atoms with van der Waals surface area (Å²) in [6.45, 7) is 5.98. The smallest absolute Gasteiger partial charge is 0.277 e. The van der Waals surface area contributed by atoms with Crippen LogP contribution < -0.4 is 11.1 Å². The number of hydrogen-bond donors (Lipinski definition) is 2. The Balaban J connectivity index is 2.82. The highest BCUT2D eigenvalue weighted by molar-refractivity contribution is 5.95. The van der Waals surface area contributed by atoms with Gasteiger partial charge in [0.2, 0.25) is 0 Å². The van der Waals surface area contributed by atoms with E-state index in [0.717, 1.165) is 0 Å². The lowest BCUT2D eigenvalue weighted by Gasteiger charge is -2.21. The van der Waals surface area contributed by atoms with Gasteiger partial charge in [0, 0.05) is 5.69 Å². The van der Waals surface area contributed by atoms with Gasteiger partial charge in [0.25, 0.3) is 11.8 Å². The second kappa shape index (κ2) is 5.24. The van der Waals surface area contributed by atoms with Gasteiger partial charge < -0.3 is 11.1 Å². The fourth-order valence-electron chi connectivity index (χ4n) is 1.69. The second-order valence-corrected chi connectivity index (χ2v) is 5.47. The van der Waals surface area contributed by atoms with E-state index in [0.29, 0.717) is 11.3 Å². The molecule has 1 heterocycles. The van der Waals surface area contributed by atoms with Crippen LogP contribution in [0.5, 0.6) is 0 Å². The van der Waals surface area contributed by atoms with Crippen LogP contribution in [0.1, 0.15) is 36.8 Å². The van der Waals surface area contributed by atoms with Gasteiger partial charge in [-0.3, -0.25) is 9.48 Å². The van der Waals surface area contributed by atoms with Crippen molar-refractivity contribution in [3.63, 3.8) is 0 Å². The van der Waals surface area contributed by atoms with Gasteiger partial charge in [-0.15, -0.1) is 0 Å². The number of carbonyl (C=O) groups excluding carboxylic acids is 1. The first kappa shape index (κ1) is 15.6. The zero-order chi connectivity index (χ0) is 14.8. The molecule has 0 fully saturated rings. The third-order valence-corrected chi connectivity index (χ3v) is 2.70. The van der Waals surface area contributed by atoms with E-state index < -0.39 is 24.9 Å². The Morgan fingerprint density at radius 1 is 1.47 bits per heavy atom. The van der Waals surface area contributed by atoms with Crippen molar-refractivity contribution in [2.24, 2.45) is 5.73 Å². The van der Waals surface area contributed by atoms with Crippen LogP contribution in [-0.4, -0.2) is 34.7 Å². The van der Waals surface area contributed by atoms with E-state index in [2.05, 4.69) is 10.4 Å². The van der Waals surface area contributed by atoms with Gasteiger partial charge in [0.05, 0.1) is 30.4 Å². The SMILES string of the molecule is Cc1c(C(=O)NCC(F)(F)CN)cnn1C(C)(C)C. The Hall–Kier alpha value is -1.50. The van der Waals surface area contributed by atoms with Gasteiger partial charge in [0.15, 0.2) is 0 Å². The van der Waals surface area contributed by atoms with Gasteiger partial charge in [-0.25, -0.2) is 8.78 Å². The molecule has 1 aromatic heterocycles. The van der Waals surface area contributed by atoms with Crippen molar-refractivity contribution in [1.82, 2.24) is 15.1 Å². The van der Waals surface area contributed by atoms with Crippen LogP contribution in [0.25, 0.3) is 0 Å². The van der Waals surface area contributed by atoms with Crippen molar-refractivity contribution in [2.75, 3.05) is 13.1 Å². The molecule has 0 spiro atoms. The average molecular weight is 274 g/mol. The van der Waals surface area contributed by atoms with Crippen molar-refractivity contribution < 1.29 is 13.6 Å². The van der Waals surface area contributed by atoms with E-state index in [1.54, 1.807) is 11.6 Å². The maximum absolute atomic E-state index is 13.0. The molecule has 0 aliphatic carbocycles. The quantitative estimate of drug-likeness (QED) is 0.868. The van der Waals surface area contributed by atoms with E-state index in [-0.39, 0.29) is 5.54 Å². The van der Waals surface area contributed by atoms with Crippen molar-refractivity contribution >= 4 is 5.91 Å². The molecule has 0 atom stereocenters. The molecule has 0 radical (unpaired) electrons. The lowest BCUT2D eigenvalue weighted by Crippen LogP contribution is -2.41. The van der Waals surface area contributed by atoms with Gasteiger partial charge in [-0.05, 0) is 27.7 Å². The number of halogens is 2. The van der Waals surface area contributed by atoms with Crippen LogP contribution in [0.4, 0.5) is 8.78 Å². The first-order valence-electron chi connectivity index (χ1n) is 6.00. The molecule has 3 N–H and O–H groups in total. The lowest BCUT2D eigenvalue weighted by molar-refractivity contribution is 0.0118. The van der Waals surface area contributed by atoms with Crippen molar-refractivity contribution in [3.8, 4) is 0 Å². The molecule has 0 bridgehead atoms. The molecule has 0 aromatic carbocycles. The third kappa shape index (κ3) is 3.73. The van der Waals surface area contributed by atoms with E-state index in [9.17, 15) is 13.6 Å². The van der Waals surface area contributed by atoms with Crippen molar-refractivity contribution in [1.29, 1.82) is 0 Å². The molecule has 1 amide bonds. The molecule has 5 nitrogen and oxygen atoms in total. The van der Waals surface area contributed by atoms with Gasteiger partial charge in [0.1, 0.15) is 0 Å². The van der Waals surface area contributed by atoms with Crippen LogP contribution in [0.2, 0.25) is 0 Å². The highest BCUT2D eigenvalue weighted by Gasteiger charge is 2.28. The number of carbonyl (C=O) groups is 1. The zero-order valence-electron chi connectivity index (χ0n) is 11.6. The predicted molar refractivity (Wildman–Crippen MR) is 68.3 cm³/mol. The molecule has 0 aliphatic heterocycles. The summed E-state index contributed by atoms with van der Waals surface area (Å²) in [6.07, 6.45) is 1.39. The standard InChI is InChI=1S/C12H20F2N4O/c1-8-9(5-17-18(8)11(2,3)4)10(19)16-7-12(13,14)6-15/h5H,6-7,15H2,1-4H3,(H,16,19). The summed E-state index contributed by atoms with van der Waals surface area (Å²) in [7, 11) is 0. The molecule has 0 unspecified atom stereocenters. The first-order valence-corrected chi connectivity index (χ1v) is 6.00. The fraction of sp³-hybridized carbons (Fsp3) is 0.667. The molecule has 0 aliphatic rings. The number of aromatic nitrogens is 2. The maximum atomic E-state index is 13.0. The largest absolute Gasteiger partial charge is 0.346 e. The highest BCUT2D eigenvalue weighted by Crippen LogP contribution is 2.18. The lowest BCUT2D eigenvalue weighted by atomic mass is 10.1. The number of alkyl halides is 2. The molecular formula is C12H20F2N4O. The third-order valence-electron chi connectivity index (χ3n) is 2.70. The Bertz CT molecular complexity index is 463. The summed E-state index contributed by atoms with van der Waals surface area (Å²) in [5, 5.41) is 6.29. The first-order chi connectivity index (χ1) is 8.58. The van der Waals surface area contributed by atoms with E-state index in [1.807, 2.05) is 20.8 Å². The predicted octanol–water partition coefficient (Wildman–Crippen LogP) is 1.27. The molecule has 108 valence electrons. The molecule has 0 saturated heterocycles. The zero-order valence-corrected chi connectivity index (χ0v) is 11.6. The number of hydrogen-bond acceptors (Lipinski definition) is 3.